The third-order valence-electron chi connectivity index (χ3n) is 2.50. The number of carbonyl (C=O) groups excluding carboxylic acids is 2. The van der Waals surface area contributed by atoms with Gasteiger partial charge in [0.1, 0.15) is 0 Å². The fraction of sp³-hybridized carbons (Fsp3) is 0.231. The largest absolute Gasteiger partial charge is 0.493 e. The normalized spacial score (nSPS) is 16.0. The molecule has 1 aromatic rings. The molecule has 0 aliphatic carbocycles. The number of rotatable bonds is 6. The first-order chi connectivity index (χ1) is 10.6. The van der Waals surface area contributed by atoms with E-state index in [0.29, 0.717) is 22.4 Å². The third kappa shape index (κ3) is 4.48. The van der Waals surface area contributed by atoms with Crippen molar-refractivity contribution in [1.29, 1.82) is 0 Å². The summed E-state index contributed by atoms with van der Waals surface area (Å²) < 4.78 is 10.4. The van der Waals surface area contributed by atoms with E-state index in [-0.39, 0.29) is 12.5 Å². The van der Waals surface area contributed by atoms with Crippen LogP contribution in [0.2, 0.25) is 0 Å². The molecule has 22 heavy (non-hydrogen) atoms. The van der Waals surface area contributed by atoms with Crippen LogP contribution in [0.3, 0.4) is 0 Å². The second kappa shape index (κ2) is 7.46. The lowest BCUT2D eigenvalue weighted by atomic mass is 10.2. The summed E-state index contributed by atoms with van der Waals surface area (Å²) >= 11 is 1.29. The average molecular weight is 322 g/mol. The molecule has 1 aliphatic rings. The second-order valence-electron chi connectivity index (χ2n) is 4.15. The molecule has 9 heteroatoms. The van der Waals surface area contributed by atoms with Gasteiger partial charge in [-0.05, 0) is 23.8 Å². The topological polar surface area (TPSA) is 115 Å². The summed E-state index contributed by atoms with van der Waals surface area (Å²) in [6.07, 6.45) is 1.51. The van der Waals surface area contributed by atoms with Crippen LogP contribution in [0.4, 0.5) is 0 Å². The summed E-state index contributed by atoms with van der Waals surface area (Å²) in [6.45, 7) is -0.228. The lowest BCUT2D eigenvalue weighted by molar-refractivity contribution is -0.120. The molecule has 0 unspecified atom stereocenters. The number of carbonyl (C=O) groups is 2. The third-order valence-corrected chi connectivity index (χ3v) is 3.36. The minimum absolute atomic E-state index is 0.0865. The first-order valence-electron chi connectivity index (χ1n) is 6.21. The van der Waals surface area contributed by atoms with E-state index in [1.54, 1.807) is 18.2 Å². The minimum Gasteiger partial charge on any atom is -0.493 e. The molecule has 0 atom stereocenters. The van der Waals surface area contributed by atoms with Crippen LogP contribution in [0.15, 0.2) is 28.4 Å². The van der Waals surface area contributed by atoms with E-state index in [4.69, 9.17) is 15.2 Å². The number of benzene rings is 1. The van der Waals surface area contributed by atoms with Crippen LogP contribution >= 0.6 is 11.8 Å². The molecule has 8 nitrogen and oxygen atoms in total. The van der Waals surface area contributed by atoms with Crippen LogP contribution < -0.4 is 20.5 Å². The van der Waals surface area contributed by atoms with Gasteiger partial charge in [-0.15, -0.1) is 5.10 Å². The van der Waals surface area contributed by atoms with E-state index in [2.05, 4.69) is 15.5 Å². The molecule has 0 spiro atoms. The monoisotopic (exact) mass is 322 g/mol. The van der Waals surface area contributed by atoms with Gasteiger partial charge >= 0.3 is 0 Å². The quantitative estimate of drug-likeness (QED) is 0.570. The number of primary amides is 1. The molecule has 1 aliphatic heterocycles. The van der Waals surface area contributed by atoms with Gasteiger partial charge in [-0.25, -0.2) is 0 Å². The van der Waals surface area contributed by atoms with Crippen LogP contribution in [0.5, 0.6) is 11.5 Å². The Morgan fingerprint density at radius 2 is 2.32 bits per heavy atom. The Hall–Kier alpha value is -2.55. The molecule has 0 saturated carbocycles. The molecule has 116 valence electrons. The predicted octanol–water partition coefficient (Wildman–Crippen LogP) is 0.112. The Morgan fingerprint density at radius 1 is 1.50 bits per heavy atom. The molecular formula is C13H14N4O4S. The number of amides is 2. The molecule has 1 saturated heterocycles. The summed E-state index contributed by atoms with van der Waals surface area (Å²) in [5.74, 6) is 0.551. The Bertz CT molecular complexity index is 645. The van der Waals surface area contributed by atoms with Crippen molar-refractivity contribution in [2.75, 3.05) is 19.5 Å². The molecule has 1 aromatic carbocycles. The molecule has 2 rings (SSSR count). The first kappa shape index (κ1) is 15.8. The first-order valence-corrected chi connectivity index (χ1v) is 7.20. The standard InChI is InChI=1S/C13H14N4O4S/c1-20-10-4-8(2-3-9(10)21-6-11(14)18)5-15-17-13-16-12(19)7-22-13/h2-5H,6-7H2,1H3,(H2,14,18)(H,16,17,19). The zero-order chi connectivity index (χ0) is 15.9. The van der Waals surface area contributed by atoms with Crippen molar-refractivity contribution in [3.8, 4) is 11.5 Å². The predicted molar refractivity (Wildman–Crippen MR) is 83.3 cm³/mol. The summed E-state index contributed by atoms with van der Waals surface area (Å²) in [5.41, 5.74) is 5.75. The van der Waals surface area contributed by atoms with Gasteiger partial charge in [-0.3, -0.25) is 9.59 Å². The number of ether oxygens (including phenoxy) is 2. The molecular weight excluding hydrogens is 308 g/mol. The van der Waals surface area contributed by atoms with Crippen molar-refractivity contribution in [2.24, 2.45) is 15.9 Å². The van der Waals surface area contributed by atoms with Crippen molar-refractivity contribution in [2.45, 2.75) is 0 Å². The van der Waals surface area contributed by atoms with E-state index in [9.17, 15) is 9.59 Å². The van der Waals surface area contributed by atoms with E-state index in [0.717, 1.165) is 5.56 Å². The number of hydrogen-bond donors (Lipinski definition) is 2. The van der Waals surface area contributed by atoms with Crippen LogP contribution in [0.1, 0.15) is 5.56 Å². The summed E-state index contributed by atoms with van der Waals surface area (Å²) in [4.78, 5) is 21.7. The molecule has 2 amide bonds. The maximum atomic E-state index is 11.0. The molecule has 1 fully saturated rings. The minimum atomic E-state index is -0.570. The van der Waals surface area contributed by atoms with E-state index in [1.807, 2.05) is 0 Å². The molecule has 0 bridgehead atoms. The lowest BCUT2D eigenvalue weighted by Crippen LogP contribution is -2.20. The van der Waals surface area contributed by atoms with Crippen molar-refractivity contribution in [1.82, 2.24) is 5.32 Å². The van der Waals surface area contributed by atoms with E-state index < -0.39 is 5.91 Å². The highest BCUT2D eigenvalue weighted by molar-refractivity contribution is 8.15. The highest BCUT2D eigenvalue weighted by atomic mass is 32.2. The fourth-order valence-electron chi connectivity index (χ4n) is 1.56. The number of methoxy groups -OCH3 is 1. The lowest BCUT2D eigenvalue weighted by Gasteiger charge is -2.09. The highest BCUT2D eigenvalue weighted by Crippen LogP contribution is 2.27. The second-order valence-corrected chi connectivity index (χ2v) is 5.12. The average Bonchev–Trinajstić information content (AvgIpc) is 2.91. The summed E-state index contributed by atoms with van der Waals surface area (Å²) in [7, 11) is 1.48. The number of nitrogens with two attached hydrogens (primary N) is 1. The van der Waals surface area contributed by atoms with Crippen molar-refractivity contribution in [3.63, 3.8) is 0 Å². The van der Waals surface area contributed by atoms with Crippen molar-refractivity contribution in [3.05, 3.63) is 23.8 Å². The van der Waals surface area contributed by atoms with Gasteiger partial charge in [0.2, 0.25) is 5.91 Å². The zero-order valence-electron chi connectivity index (χ0n) is 11.7. The van der Waals surface area contributed by atoms with Gasteiger partial charge in [-0.2, -0.15) is 5.10 Å². The van der Waals surface area contributed by atoms with Gasteiger partial charge < -0.3 is 20.5 Å². The summed E-state index contributed by atoms with van der Waals surface area (Å²) in [5, 5.41) is 10.8. The van der Waals surface area contributed by atoms with Gasteiger partial charge in [0.25, 0.3) is 5.91 Å². The van der Waals surface area contributed by atoms with Crippen LogP contribution in [-0.2, 0) is 9.59 Å². The Labute approximate surface area is 130 Å². The maximum Gasteiger partial charge on any atom is 0.255 e. The number of nitrogens with zero attached hydrogens (tertiary/aromatic N) is 2. The van der Waals surface area contributed by atoms with E-state index >= 15 is 0 Å². The molecule has 0 aromatic heterocycles. The van der Waals surface area contributed by atoms with E-state index in [1.165, 1.54) is 25.1 Å². The zero-order valence-corrected chi connectivity index (χ0v) is 12.6. The Balaban J connectivity index is 2.05. The van der Waals surface area contributed by atoms with Gasteiger partial charge in [0, 0.05) is 0 Å². The summed E-state index contributed by atoms with van der Waals surface area (Å²) in [6, 6.07) is 5.05. The number of nitrogens with one attached hydrogen (secondary N) is 1. The van der Waals surface area contributed by atoms with Crippen LogP contribution in [-0.4, -0.2) is 42.7 Å². The van der Waals surface area contributed by atoms with Crippen LogP contribution in [0.25, 0.3) is 0 Å². The van der Waals surface area contributed by atoms with Gasteiger partial charge in [0.05, 0.1) is 19.1 Å². The fourth-order valence-corrected chi connectivity index (χ4v) is 2.19. The number of amidine groups is 1. The Kier molecular flexibility index (Phi) is 5.37. The maximum absolute atomic E-state index is 11.0. The number of thioether (sulfide) groups is 1. The molecule has 0 radical (unpaired) electrons. The molecule has 3 N–H and O–H groups in total. The van der Waals surface area contributed by atoms with Gasteiger partial charge in [-0.1, -0.05) is 11.8 Å². The highest BCUT2D eigenvalue weighted by Gasteiger charge is 2.15. The van der Waals surface area contributed by atoms with Crippen molar-refractivity contribution < 1.29 is 19.1 Å². The SMILES string of the molecule is COc1cc(C=NN=C2NC(=O)CS2)ccc1OCC(N)=O. The Morgan fingerprint density at radius 3 is 2.95 bits per heavy atom. The number of hydrogen-bond acceptors (Lipinski definition) is 7. The van der Waals surface area contributed by atoms with Gasteiger partial charge in [0.15, 0.2) is 23.3 Å². The van der Waals surface area contributed by atoms with Crippen LogP contribution in [0, 0.1) is 0 Å². The molecule has 1 heterocycles. The van der Waals surface area contributed by atoms with Crippen molar-refractivity contribution >= 4 is 35.0 Å². The smallest absolute Gasteiger partial charge is 0.255 e.